The molecule has 4 aliphatic carbocycles. The normalized spacial score (nSPS) is 52.0. The lowest BCUT2D eigenvalue weighted by molar-refractivity contribution is -0.120. The second-order valence-electron chi connectivity index (χ2n) is 8.93. The number of Topliss-reactive ketones (excluding diaryl/α,β-unsaturated/α-hetero) is 1. The summed E-state index contributed by atoms with van der Waals surface area (Å²) in [4.78, 5) is 12.4. The van der Waals surface area contributed by atoms with Crippen LogP contribution in [-0.4, -0.2) is 17.0 Å². The number of hydrogen-bond donors (Lipinski definition) is 1. The molecule has 4 aliphatic rings. The standard InChI is InChI=1S/C20H27NO2/c1-19-7-5-13(22)9-12(19)3-4-14-15(19)6-8-20(2)16(14)10-18(23)17(20)11-21/h3,13-17,22H,4-10H2,1-2H3/t13-,14?,15?,16?,17?,19-,20-/m0/s1. The van der Waals surface area contributed by atoms with Crippen LogP contribution in [0, 0.1) is 45.8 Å². The van der Waals surface area contributed by atoms with Crippen LogP contribution < -0.4 is 0 Å². The molecule has 0 aliphatic heterocycles. The third kappa shape index (κ3) is 1.94. The average molecular weight is 313 g/mol. The molecule has 0 aromatic carbocycles. The topological polar surface area (TPSA) is 61.1 Å². The lowest BCUT2D eigenvalue weighted by Crippen LogP contribution is -2.50. The third-order valence-electron chi connectivity index (χ3n) is 8.05. The van der Waals surface area contributed by atoms with E-state index in [-0.39, 0.29) is 28.6 Å². The van der Waals surface area contributed by atoms with Crippen molar-refractivity contribution < 1.29 is 9.90 Å². The van der Waals surface area contributed by atoms with Crippen LogP contribution in [0.4, 0.5) is 0 Å². The SMILES string of the molecule is C[C@]12CCC3C(CC=C4C[C@@H](O)CC[C@@]43C)C1CC(=O)C2C#N. The van der Waals surface area contributed by atoms with Gasteiger partial charge >= 0.3 is 0 Å². The molecule has 0 spiro atoms. The quantitative estimate of drug-likeness (QED) is 0.695. The molecular weight excluding hydrogens is 286 g/mol. The fourth-order valence-electron chi connectivity index (χ4n) is 6.65. The second-order valence-corrected chi connectivity index (χ2v) is 8.93. The number of fused-ring (bicyclic) bond motifs is 5. The maximum Gasteiger partial charge on any atom is 0.150 e. The van der Waals surface area contributed by atoms with E-state index in [1.54, 1.807) is 0 Å². The molecule has 0 bridgehead atoms. The van der Waals surface area contributed by atoms with Crippen molar-refractivity contribution in [3.63, 3.8) is 0 Å². The molecule has 3 saturated carbocycles. The largest absolute Gasteiger partial charge is 0.393 e. The lowest BCUT2D eigenvalue weighted by Gasteiger charge is -2.57. The van der Waals surface area contributed by atoms with Crippen molar-refractivity contribution in [2.24, 2.45) is 34.5 Å². The number of aliphatic hydroxyl groups excluding tert-OH is 1. The summed E-state index contributed by atoms with van der Waals surface area (Å²) in [6, 6.07) is 2.32. The van der Waals surface area contributed by atoms with Gasteiger partial charge in [-0.3, -0.25) is 4.79 Å². The van der Waals surface area contributed by atoms with E-state index in [0.717, 1.165) is 38.5 Å². The maximum atomic E-state index is 12.4. The lowest BCUT2D eigenvalue weighted by atomic mass is 9.47. The molecule has 0 aromatic rings. The molecule has 0 heterocycles. The molecule has 7 atom stereocenters. The zero-order chi connectivity index (χ0) is 16.4. The highest BCUT2D eigenvalue weighted by Gasteiger charge is 2.61. The molecule has 4 rings (SSSR count). The van der Waals surface area contributed by atoms with E-state index < -0.39 is 0 Å². The highest BCUT2D eigenvalue weighted by Crippen LogP contribution is 2.65. The first-order valence-corrected chi connectivity index (χ1v) is 9.20. The Balaban J connectivity index is 1.70. The summed E-state index contributed by atoms with van der Waals surface area (Å²) in [6.07, 6.45) is 8.79. The Bertz CT molecular complexity index is 618. The van der Waals surface area contributed by atoms with E-state index in [9.17, 15) is 15.2 Å². The van der Waals surface area contributed by atoms with E-state index in [0.29, 0.717) is 24.2 Å². The number of ketones is 1. The van der Waals surface area contributed by atoms with Gasteiger partial charge in [-0.15, -0.1) is 0 Å². The smallest absolute Gasteiger partial charge is 0.150 e. The number of hydrogen-bond acceptors (Lipinski definition) is 3. The van der Waals surface area contributed by atoms with Gasteiger partial charge in [0.15, 0.2) is 5.78 Å². The Morgan fingerprint density at radius 1 is 1.22 bits per heavy atom. The van der Waals surface area contributed by atoms with Crippen LogP contribution in [0.25, 0.3) is 0 Å². The molecule has 1 N–H and O–H groups in total. The Morgan fingerprint density at radius 2 is 2.00 bits per heavy atom. The molecule has 0 saturated heterocycles. The van der Waals surface area contributed by atoms with E-state index >= 15 is 0 Å². The molecule has 23 heavy (non-hydrogen) atoms. The van der Waals surface area contributed by atoms with Crippen molar-refractivity contribution in [1.29, 1.82) is 5.26 Å². The summed E-state index contributed by atoms with van der Waals surface area (Å²) in [5.41, 5.74) is 1.56. The fraction of sp³-hybridized carbons (Fsp3) is 0.800. The van der Waals surface area contributed by atoms with Crippen LogP contribution >= 0.6 is 0 Å². The van der Waals surface area contributed by atoms with Crippen molar-refractivity contribution in [3.05, 3.63) is 11.6 Å². The number of allylic oxidation sites excluding steroid dienone is 1. The Labute approximate surface area is 138 Å². The molecule has 3 nitrogen and oxygen atoms in total. The number of carbonyl (C=O) groups excluding carboxylic acids is 1. The van der Waals surface area contributed by atoms with Crippen molar-refractivity contribution in [2.75, 3.05) is 0 Å². The van der Waals surface area contributed by atoms with Gasteiger partial charge in [-0.1, -0.05) is 25.5 Å². The van der Waals surface area contributed by atoms with Gasteiger partial charge in [-0.05, 0) is 67.1 Å². The van der Waals surface area contributed by atoms with Crippen LogP contribution in [0.1, 0.15) is 58.8 Å². The summed E-state index contributed by atoms with van der Waals surface area (Å²) in [5, 5.41) is 19.5. The zero-order valence-corrected chi connectivity index (χ0v) is 14.2. The minimum absolute atomic E-state index is 0.108. The number of nitrogens with zero attached hydrogens (tertiary/aromatic N) is 1. The first-order valence-electron chi connectivity index (χ1n) is 9.20. The van der Waals surface area contributed by atoms with E-state index in [4.69, 9.17) is 0 Å². The Morgan fingerprint density at radius 3 is 2.74 bits per heavy atom. The monoisotopic (exact) mass is 313 g/mol. The second kappa shape index (κ2) is 4.93. The molecule has 4 unspecified atom stereocenters. The van der Waals surface area contributed by atoms with Crippen LogP contribution in [0.2, 0.25) is 0 Å². The highest BCUT2D eigenvalue weighted by atomic mass is 16.3. The molecule has 0 amide bonds. The van der Waals surface area contributed by atoms with E-state index in [1.807, 2.05) is 0 Å². The number of carbonyl (C=O) groups is 1. The van der Waals surface area contributed by atoms with Crippen molar-refractivity contribution in [3.8, 4) is 6.07 Å². The Hall–Kier alpha value is -1.14. The van der Waals surface area contributed by atoms with Gasteiger partial charge in [0.05, 0.1) is 12.2 Å². The van der Waals surface area contributed by atoms with E-state index in [1.165, 1.54) is 5.57 Å². The van der Waals surface area contributed by atoms with E-state index in [2.05, 4.69) is 26.0 Å². The first kappa shape index (κ1) is 15.4. The number of nitriles is 1. The van der Waals surface area contributed by atoms with Crippen molar-refractivity contribution >= 4 is 5.78 Å². The minimum atomic E-state index is -0.389. The molecule has 124 valence electrons. The zero-order valence-electron chi connectivity index (χ0n) is 14.2. The van der Waals surface area contributed by atoms with Crippen molar-refractivity contribution in [1.82, 2.24) is 0 Å². The maximum absolute atomic E-state index is 12.4. The van der Waals surface area contributed by atoms with Gasteiger partial charge in [-0.25, -0.2) is 0 Å². The van der Waals surface area contributed by atoms with Crippen LogP contribution in [0.15, 0.2) is 11.6 Å². The molecule has 0 aromatic heterocycles. The average Bonchev–Trinajstić information content (AvgIpc) is 2.77. The summed E-state index contributed by atoms with van der Waals surface area (Å²) in [7, 11) is 0. The van der Waals surface area contributed by atoms with Gasteiger partial charge in [0.1, 0.15) is 5.92 Å². The minimum Gasteiger partial charge on any atom is -0.393 e. The number of aliphatic hydroxyl groups is 1. The fourth-order valence-corrected chi connectivity index (χ4v) is 6.65. The Kier molecular flexibility index (Phi) is 3.30. The summed E-state index contributed by atoms with van der Waals surface area (Å²) in [6.45, 7) is 4.58. The highest BCUT2D eigenvalue weighted by molar-refractivity contribution is 5.87. The summed E-state index contributed by atoms with van der Waals surface area (Å²) >= 11 is 0. The molecule has 3 fully saturated rings. The summed E-state index contributed by atoms with van der Waals surface area (Å²) in [5.74, 6) is 1.33. The number of rotatable bonds is 0. The predicted octanol–water partition coefficient (Wildman–Crippen LogP) is 3.63. The first-order chi connectivity index (χ1) is 10.9. The predicted molar refractivity (Wildman–Crippen MR) is 87.2 cm³/mol. The van der Waals surface area contributed by atoms with Gasteiger partial charge in [0, 0.05) is 6.42 Å². The van der Waals surface area contributed by atoms with Crippen LogP contribution in [0.3, 0.4) is 0 Å². The van der Waals surface area contributed by atoms with Gasteiger partial charge in [0.25, 0.3) is 0 Å². The third-order valence-corrected chi connectivity index (χ3v) is 8.05. The van der Waals surface area contributed by atoms with Crippen LogP contribution in [-0.2, 0) is 4.79 Å². The van der Waals surface area contributed by atoms with Gasteiger partial charge in [-0.2, -0.15) is 5.26 Å². The van der Waals surface area contributed by atoms with Gasteiger partial charge in [0.2, 0.25) is 0 Å². The molecule has 3 heteroatoms. The molecule has 0 radical (unpaired) electrons. The summed E-state index contributed by atoms with van der Waals surface area (Å²) < 4.78 is 0. The van der Waals surface area contributed by atoms with Crippen LogP contribution in [0.5, 0.6) is 0 Å². The van der Waals surface area contributed by atoms with Gasteiger partial charge < -0.3 is 5.11 Å². The van der Waals surface area contributed by atoms with Crippen molar-refractivity contribution in [2.45, 2.75) is 64.9 Å². The molecular formula is C20H27NO2.